The lowest BCUT2D eigenvalue weighted by Gasteiger charge is -2.26. The summed E-state index contributed by atoms with van der Waals surface area (Å²) in [5.74, 6) is -1.84. The fraction of sp³-hybridized carbons (Fsp3) is 0.542. The first kappa shape index (κ1) is 23.4. The van der Waals surface area contributed by atoms with E-state index in [9.17, 15) is 19.2 Å². The maximum absolute atomic E-state index is 13.2. The van der Waals surface area contributed by atoms with Gasteiger partial charge in [-0.05, 0) is 54.9 Å². The van der Waals surface area contributed by atoms with Crippen molar-refractivity contribution in [2.75, 3.05) is 6.54 Å². The number of nitrogens with two attached hydrogens (primary N) is 1. The summed E-state index contributed by atoms with van der Waals surface area (Å²) < 4.78 is 0. The number of halogens is 1. The largest absolute Gasteiger partial charge is 0.369 e. The van der Waals surface area contributed by atoms with Gasteiger partial charge in [0.25, 0.3) is 0 Å². The van der Waals surface area contributed by atoms with Crippen molar-refractivity contribution in [2.45, 2.75) is 57.4 Å². The van der Waals surface area contributed by atoms with E-state index in [0.717, 1.165) is 30.4 Å². The molecule has 4 rings (SSSR count). The zero-order valence-corrected chi connectivity index (χ0v) is 19.2. The first-order chi connectivity index (χ1) is 15.8. The Kier molecular flexibility index (Phi) is 7.12. The minimum absolute atomic E-state index is 0.0738. The Labute approximate surface area is 197 Å². The van der Waals surface area contributed by atoms with E-state index in [4.69, 9.17) is 17.3 Å². The number of hydrogen-bond donors (Lipinski definition) is 3. The van der Waals surface area contributed by atoms with Crippen LogP contribution in [0, 0.1) is 17.8 Å². The zero-order chi connectivity index (χ0) is 23.5. The average Bonchev–Trinajstić information content (AvgIpc) is 3.49. The van der Waals surface area contributed by atoms with E-state index in [1.165, 1.54) is 0 Å². The number of fused-ring (bicyclic) bond motifs is 1. The number of rotatable bonds is 10. The third-order valence-corrected chi connectivity index (χ3v) is 6.98. The first-order valence-electron chi connectivity index (χ1n) is 11.6. The van der Waals surface area contributed by atoms with Gasteiger partial charge in [0.1, 0.15) is 5.15 Å². The van der Waals surface area contributed by atoms with Crippen LogP contribution in [0.25, 0.3) is 6.08 Å². The number of primary amides is 1. The molecule has 33 heavy (non-hydrogen) atoms. The molecule has 0 bridgehead atoms. The fourth-order valence-corrected chi connectivity index (χ4v) is 4.81. The summed E-state index contributed by atoms with van der Waals surface area (Å²) in [4.78, 5) is 54.4. The second-order valence-electron chi connectivity index (χ2n) is 9.39. The predicted molar refractivity (Wildman–Crippen MR) is 123 cm³/mol. The minimum atomic E-state index is -0.729. The molecule has 0 unspecified atom stereocenters. The van der Waals surface area contributed by atoms with Gasteiger partial charge in [-0.2, -0.15) is 0 Å². The Balaban J connectivity index is 1.41. The van der Waals surface area contributed by atoms with Gasteiger partial charge in [0, 0.05) is 43.0 Å². The van der Waals surface area contributed by atoms with E-state index < -0.39 is 17.9 Å². The molecule has 1 saturated heterocycles. The fourth-order valence-electron chi connectivity index (χ4n) is 4.64. The van der Waals surface area contributed by atoms with E-state index in [1.807, 2.05) is 0 Å². The molecule has 8 nitrogen and oxygen atoms in total. The highest BCUT2D eigenvalue weighted by molar-refractivity contribution is 6.29. The molecule has 1 saturated carbocycles. The Morgan fingerprint density at radius 2 is 2.03 bits per heavy atom. The van der Waals surface area contributed by atoms with Gasteiger partial charge in [-0.15, -0.1) is 0 Å². The Hall–Kier alpha value is -2.74. The number of ketones is 1. The molecule has 1 aromatic heterocycles. The SMILES string of the molecule is NC(=O)[C@@H](CC(=O)[C@H](CC1CC1)NC(=O)C1=Cc2cc(Cl)ncc2C1)C[C@@H]1CCCNC1=O. The topological polar surface area (TPSA) is 131 Å². The highest BCUT2D eigenvalue weighted by Gasteiger charge is 2.35. The monoisotopic (exact) mass is 472 g/mol. The van der Waals surface area contributed by atoms with E-state index in [0.29, 0.717) is 42.5 Å². The summed E-state index contributed by atoms with van der Waals surface area (Å²) in [6, 6.07) is 1.03. The Bertz CT molecular complexity index is 1000. The van der Waals surface area contributed by atoms with Crippen LogP contribution in [0.2, 0.25) is 5.15 Å². The number of piperidine rings is 1. The summed E-state index contributed by atoms with van der Waals surface area (Å²) in [5.41, 5.74) is 7.90. The van der Waals surface area contributed by atoms with Crippen LogP contribution in [0.3, 0.4) is 0 Å². The Morgan fingerprint density at radius 3 is 2.73 bits per heavy atom. The molecule has 176 valence electrons. The van der Waals surface area contributed by atoms with Crippen molar-refractivity contribution >= 4 is 41.2 Å². The molecule has 0 aromatic carbocycles. The van der Waals surface area contributed by atoms with Crippen molar-refractivity contribution in [1.82, 2.24) is 15.6 Å². The van der Waals surface area contributed by atoms with E-state index in [2.05, 4.69) is 15.6 Å². The van der Waals surface area contributed by atoms with Crippen molar-refractivity contribution in [3.8, 4) is 0 Å². The van der Waals surface area contributed by atoms with Crippen molar-refractivity contribution in [3.63, 3.8) is 0 Å². The van der Waals surface area contributed by atoms with Crippen LogP contribution in [-0.2, 0) is 25.6 Å². The van der Waals surface area contributed by atoms with E-state index in [-0.39, 0.29) is 36.4 Å². The number of pyridine rings is 1. The number of nitrogens with one attached hydrogen (secondary N) is 2. The number of hydrogen-bond acceptors (Lipinski definition) is 5. The molecule has 4 N–H and O–H groups in total. The highest BCUT2D eigenvalue weighted by atomic mass is 35.5. The van der Waals surface area contributed by atoms with Gasteiger partial charge in [0.2, 0.25) is 17.7 Å². The first-order valence-corrected chi connectivity index (χ1v) is 11.9. The van der Waals surface area contributed by atoms with Crippen LogP contribution in [0.5, 0.6) is 0 Å². The number of amides is 3. The molecule has 2 fully saturated rings. The lowest BCUT2D eigenvalue weighted by Crippen LogP contribution is -2.44. The van der Waals surface area contributed by atoms with Crippen molar-refractivity contribution in [1.29, 1.82) is 0 Å². The van der Waals surface area contributed by atoms with Gasteiger partial charge < -0.3 is 16.4 Å². The second-order valence-corrected chi connectivity index (χ2v) is 9.78. The van der Waals surface area contributed by atoms with Gasteiger partial charge in [-0.1, -0.05) is 24.4 Å². The molecule has 1 aromatic rings. The summed E-state index contributed by atoms with van der Waals surface area (Å²) in [7, 11) is 0. The summed E-state index contributed by atoms with van der Waals surface area (Å²) in [6.45, 7) is 0.632. The summed E-state index contributed by atoms with van der Waals surface area (Å²) in [6.07, 6.45) is 8.16. The summed E-state index contributed by atoms with van der Waals surface area (Å²) >= 11 is 5.95. The van der Waals surface area contributed by atoms with Crippen molar-refractivity contribution < 1.29 is 19.2 Å². The minimum Gasteiger partial charge on any atom is -0.369 e. The van der Waals surface area contributed by atoms with Crippen LogP contribution in [0.15, 0.2) is 17.8 Å². The van der Waals surface area contributed by atoms with Gasteiger partial charge in [-0.25, -0.2) is 4.98 Å². The number of aromatic nitrogens is 1. The third-order valence-electron chi connectivity index (χ3n) is 6.77. The van der Waals surface area contributed by atoms with Gasteiger partial charge in [-0.3, -0.25) is 19.2 Å². The predicted octanol–water partition coefficient (Wildman–Crippen LogP) is 1.94. The standard InChI is InChI=1S/C24H29ClN4O4/c25-21-11-15-8-17(9-18(15)12-28-21)24(33)29-19(6-13-3-4-13)20(30)10-16(22(26)31)7-14-2-1-5-27-23(14)32/h8,11-14,16,19H,1-7,9-10H2,(H2,26,31)(H,27,32)(H,29,33)/t14-,16+,19-/m0/s1. The average molecular weight is 473 g/mol. The molecule has 3 atom stereocenters. The Morgan fingerprint density at radius 1 is 1.24 bits per heavy atom. The van der Waals surface area contributed by atoms with Crippen molar-refractivity contribution in [2.24, 2.45) is 23.5 Å². The molecule has 3 amide bonds. The number of Topliss-reactive ketones (excluding diaryl/α,β-unsaturated/α-hetero) is 1. The van der Waals surface area contributed by atoms with Crippen LogP contribution < -0.4 is 16.4 Å². The molecule has 0 radical (unpaired) electrons. The van der Waals surface area contributed by atoms with Gasteiger partial charge in [0.05, 0.1) is 6.04 Å². The van der Waals surface area contributed by atoms with E-state index in [1.54, 1.807) is 18.3 Å². The second kappa shape index (κ2) is 10.0. The van der Waals surface area contributed by atoms with Gasteiger partial charge in [0.15, 0.2) is 5.78 Å². The maximum Gasteiger partial charge on any atom is 0.248 e. The summed E-state index contributed by atoms with van der Waals surface area (Å²) in [5, 5.41) is 6.06. The third kappa shape index (κ3) is 5.99. The zero-order valence-electron chi connectivity index (χ0n) is 18.4. The maximum atomic E-state index is 13.2. The van der Waals surface area contributed by atoms with Crippen LogP contribution in [0.4, 0.5) is 0 Å². The molecule has 2 heterocycles. The molecule has 3 aliphatic rings. The molecule has 0 spiro atoms. The molecule has 1 aliphatic heterocycles. The highest BCUT2D eigenvalue weighted by Crippen LogP contribution is 2.35. The molecule has 9 heteroatoms. The molecular formula is C24H29ClN4O4. The van der Waals surface area contributed by atoms with Crippen molar-refractivity contribution in [3.05, 3.63) is 34.1 Å². The van der Waals surface area contributed by atoms with Crippen LogP contribution in [0.1, 0.15) is 56.1 Å². The number of nitrogens with zero attached hydrogens (tertiary/aromatic N) is 1. The number of carbonyl (C=O) groups is 4. The number of carbonyl (C=O) groups excluding carboxylic acids is 4. The smallest absolute Gasteiger partial charge is 0.248 e. The molecular weight excluding hydrogens is 444 g/mol. The lowest BCUT2D eigenvalue weighted by atomic mass is 9.84. The van der Waals surface area contributed by atoms with Crippen LogP contribution >= 0.6 is 11.6 Å². The van der Waals surface area contributed by atoms with Crippen LogP contribution in [-0.4, -0.2) is 41.1 Å². The van der Waals surface area contributed by atoms with E-state index >= 15 is 0 Å². The normalized spacial score (nSPS) is 21.4. The lowest BCUT2D eigenvalue weighted by molar-refractivity contribution is -0.132. The molecule has 2 aliphatic carbocycles. The quantitative estimate of drug-likeness (QED) is 0.448. The van der Waals surface area contributed by atoms with Gasteiger partial charge >= 0.3 is 0 Å².